The summed E-state index contributed by atoms with van der Waals surface area (Å²) in [4.78, 5) is 21.4. The van der Waals surface area contributed by atoms with Crippen molar-refractivity contribution in [3.05, 3.63) is 34.9 Å². The first-order chi connectivity index (χ1) is 8.91. The highest BCUT2D eigenvalue weighted by atomic mass is 35.5. The van der Waals surface area contributed by atoms with Gasteiger partial charge < -0.3 is 15.6 Å². The summed E-state index contributed by atoms with van der Waals surface area (Å²) in [7, 11) is 0. The Kier molecular flexibility index (Phi) is 5.38. The number of nitrogens with two attached hydrogens (primary N) is 1. The molecule has 0 heterocycles. The summed E-state index contributed by atoms with van der Waals surface area (Å²) < 4.78 is 5.44. The molecule has 102 valence electrons. The molecule has 1 atom stereocenters. The Labute approximate surface area is 115 Å². The van der Waals surface area contributed by atoms with Gasteiger partial charge in [0.2, 0.25) is 5.91 Å². The Morgan fingerprint density at radius 2 is 2.21 bits per heavy atom. The smallest absolute Gasteiger partial charge is 0.328 e. The van der Waals surface area contributed by atoms with E-state index in [-0.39, 0.29) is 6.61 Å². The fourth-order valence-electron chi connectivity index (χ4n) is 1.26. The first kappa shape index (κ1) is 15.0. The molecule has 0 spiro atoms. The Balaban J connectivity index is 2.91. The van der Waals surface area contributed by atoms with Gasteiger partial charge in [0, 0.05) is 11.6 Å². The molecule has 1 aromatic carbocycles. The Morgan fingerprint density at radius 1 is 1.53 bits per heavy atom. The van der Waals surface area contributed by atoms with E-state index in [1.165, 1.54) is 6.08 Å². The minimum Gasteiger partial charge on any atom is -0.492 e. The van der Waals surface area contributed by atoms with E-state index in [0.29, 0.717) is 16.3 Å². The zero-order valence-electron chi connectivity index (χ0n) is 10.3. The van der Waals surface area contributed by atoms with Gasteiger partial charge in [-0.1, -0.05) is 24.6 Å². The van der Waals surface area contributed by atoms with Crippen LogP contribution in [-0.2, 0) is 9.59 Å². The van der Waals surface area contributed by atoms with Crippen molar-refractivity contribution in [1.82, 2.24) is 0 Å². The number of hydrogen-bond acceptors (Lipinski definition) is 3. The van der Waals surface area contributed by atoms with Crippen molar-refractivity contribution >= 4 is 29.6 Å². The maximum Gasteiger partial charge on any atom is 0.328 e. The van der Waals surface area contributed by atoms with Crippen molar-refractivity contribution in [1.29, 1.82) is 0 Å². The fourth-order valence-corrected chi connectivity index (χ4v) is 1.49. The minimum atomic E-state index is -1.09. The van der Waals surface area contributed by atoms with Crippen LogP contribution in [-0.4, -0.2) is 23.6 Å². The van der Waals surface area contributed by atoms with E-state index in [1.54, 1.807) is 25.1 Å². The highest BCUT2D eigenvalue weighted by molar-refractivity contribution is 6.32. The van der Waals surface area contributed by atoms with Gasteiger partial charge in [0.05, 0.1) is 17.5 Å². The molecule has 0 saturated heterocycles. The molecule has 1 aromatic rings. The van der Waals surface area contributed by atoms with Crippen molar-refractivity contribution in [2.45, 2.75) is 6.92 Å². The number of carbonyl (C=O) groups is 2. The fraction of sp³-hybridized carbons (Fsp3) is 0.231. The molecule has 0 aliphatic carbocycles. The van der Waals surface area contributed by atoms with Crippen LogP contribution >= 0.6 is 11.6 Å². The molecule has 1 rings (SSSR count). The number of carbonyl (C=O) groups excluding carboxylic acids is 1. The molecule has 1 unspecified atom stereocenters. The molecule has 0 aliphatic heterocycles. The van der Waals surface area contributed by atoms with Gasteiger partial charge >= 0.3 is 5.97 Å². The topological polar surface area (TPSA) is 89.6 Å². The second-order valence-corrected chi connectivity index (χ2v) is 4.34. The minimum absolute atomic E-state index is 0.101. The summed E-state index contributed by atoms with van der Waals surface area (Å²) in [6, 6.07) is 4.93. The number of primary amides is 1. The molecule has 0 aromatic heterocycles. The second kappa shape index (κ2) is 6.80. The summed E-state index contributed by atoms with van der Waals surface area (Å²) >= 11 is 5.97. The predicted octanol–water partition coefficient (Wildman–Crippen LogP) is 1.94. The number of rotatable bonds is 6. The quantitative estimate of drug-likeness (QED) is 0.781. The Hall–Kier alpha value is -2.01. The van der Waals surface area contributed by atoms with Crippen LogP contribution in [0.1, 0.15) is 12.5 Å². The lowest BCUT2D eigenvalue weighted by Crippen LogP contribution is -2.25. The van der Waals surface area contributed by atoms with Gasteiger partial charge in [0.15, 0.2) is 0 Å². The molecule has 3 N–H and O–H groups in total. The van der Waals surface area contributed by atoms with E-state index in [0.717, 1.165) is 6.08 Å². The number of hydrogen-bond donors (Lipinski definition) is 2. The Bertz CT molecular complexity index is 513. The molecule has 6 heteroatoms. The summed E-state index contributed by atoms with van der Waals surface area (Å²) in [5, 5.41) is 8.98. The maximum atomic E-state index is 10.9. The van der Waals surface area contributed by atoms with Crippen LogP contribution in [0.15, 0.2) is 24.3 Å². The third kappa shape index (κ3) is 4.63. The van der Waals surface area contributed by atoms with Crippen LogP contribution in [0.3, 0.4) is 0 Å². The van der Waals surface area contributed by atoms with Gasteiger partial charge in [-0.2, -0.15) is 0 Å². The van der Waals surface area contributed by atoms with Crippen LogP contribution in [0.4, 0.5) is 0 Å². The van der Waals surface area contributed by atoms with Crippen LogP contribution in [0.2, 0.25) is 5.02 Å². The van der Waals surface area contributed by atoms with Crippen molar-refractivity contribution in [3.8, 4) is 5.75 Å². The number of aliphatic carboxylic acids is 1. The van der Waals surface area contributed by atoms with Crippen LogP contribution in [0, 0.1) is 5.92 Å². The Morgan fingerprint density at radius 3 is 2.79 bits per heavy atom. The number of carboxylic acids is 1. The SMILES string of the molecule is CC(COc1cccc(Cl)c1/C=C/C(=O)O)C(N)=O. The molecule has 0 aliphatic rings. The summed E-state index contributed by atoms with van der Waals surface area (Å²) in [6.07, 6.45) is 2.31. The standard InChI is InChI=1S/C13H14ClNO4/c1-8(13(15)18)7-19-11-4-2-3-10(14)9(11)5-6-12(16)17/h2-6,8H,7H2,1H3,(H2,15,18)(H,16,17)/b6-5+. The van der Waals surface area contributed by atoms with Crippen molar-refractivity contribution < 1.29 is 19.4 Å². The highest BCUT2D eigenvalue weighted by Gasteiger charge is 2.12. The lowest BCUT2D eigenvalue weighted by atomic mass is 10.1. The molecule has 0 fully saturated rings. The van der Waals surface area contributed by atoms with E-state index < -0.39 is 17.8 Å². The normalized spacial score (nSPS) is 12.3. The van der Waals surface area contributed by atoms with Gasteiger partial charge in [-0.15, -0.1) is 0 Å². The first-order valence-electron chi connectivity index (χ1n) is 5.53. The second-order valence-electron chi connectivity index (χ2n) is 3.94. The zero-order chi connectivity index (χ0) is 14.4. The van der Waals surface area contributed by atoms with E-state index >= 15 is 0 Å². The lowest BCUT2D eigenvalue weighted by Gasteiger charge is -2.13. The molecular weight excluding hydrogens is 270 g/mol. The third-order valence-corrected chi connectivity index (χ3v) is 2.71. The van der Waals surface area contributed by atoms with E-state index in [4.69, 9.17) is 27.2 Å². The largest absolute Gasteiger partial charge is 0.492 e. The number of carboxylic acid groups (broad SMARTS) is 1. The average Bonchev–Trinajstić information content (AvgIpc) is 2.34. The average molecular weight is 284 g/mol. The maximum absolute atomic E-state index is 10.9. The number of benzene rings is 1. The lowest BCUT2D eigenvalue weighted by molar-refractivity contribution is -0.131. The van der Waals surface area contributed by atoms with Crippen molar-refractivity contribution in [2.75, 3.05) is 6.61 Å². The monoisotopic (exact) mass is 283 g/mol. The molecule has 5 nitrogen and oxygen atoms in total. The highest BCUT2D eigenvalue weighted by Crippen LogP contribution is 2.28. The number of ether oxygens (including phenoxy) is 1. The van der Waals surface area contributed by atoms with Gasteiger partial charge in [0.25, 0.3) is 0 Å². The van der Waals surface area contributed by atoms with Crippen LogP contribution in [0.5, 0.6) is 5.75 Å². The molecule has 0 saturated carbocycles. The van der Waals surface area contributed by atoms with Crippen molar-refractivity contribution in [3.63, 3.8) is 0 Å². The van der Waals surface area contributed by atoms with E-state index in [2.05, 4.69) is 0 Å². The van der Waals surface area contributed by atoms with Gasteiger partial charge in [-0.3, -0.25) is 4.79 Å². The van der Waals surface area contributed by atoms with Gasteiger partial charge in [-0.05, 0) is 18.2 Å². The predicted molar refractivity (Wildman–Crippen MR) is 72.0 cm³/mol. The molecule has 0 bridgehead atoms. The molecule has 1 amide bonds. The number of halogens is 1. The summed E-state index contributed by atoms with van der Waals surface area (Å²) in [5.41, 5.74) is 5.58. The van der Waals surface area contributed by atoms with Gasteiger partial charge in [-0.25, -0.2) is 4.79 Å². The van der Waals surface area contributed by atoms with Crippen LogP contribution in [0.25, 0.3) is 6.08 Å². The molecular formula is C13H14ClNO4. The molecule has 0 radical (unpaired) electrons. The third-order valence-electron chi connectivity index (χ3n) is 2.38. The van der Waals surface area contributed by atoms with E-state index in [9.17, 15) is 9.59 Å². The van der Waals surface area contributed by atoms with Gasteiger partial charge in [0.1, 0.15) is 5.75 Å². The molecule has 19 heavy (non-hydrogen) atoms. The van der Waals surface area contributed by atoms with E-state index in [1.807, 2.05) is 0 Å². The zero-order valence-corrected chi connectivity index (χ0v) is 11.1. The first-order valence-corrected chi connectivity index (χ1v) is 5.91. The van der Waals surface area contributed by atoms with Crippen LogP contribution < -0.4 is 10.5 Å². The number of amides is 1. The summed E-state index contributed by atoms with van der Waals surface area (Å²) in [5.74, 6) is -1.60. The van der Waals surface area contributed by atoms with Crippen molar-refractivity contribution in [2.24, 2.45) is 11.7 Å². The summed E-state index contributed by atoms with van der Waals surface area (Å²) in [6.45, 7) is 1.74.